The second kappa shape index (κ2) is 7.72. The molecule has 2 aromatic carbocycles. The lowest BCUT2D eigenvalue weighted by atomic mass is 10.0. The van der Waals surface area contributed by atoms with Crippen molar-refractivity contribution in [2.75, 3.05) is 0 Å². The van der Waals surface area contributed by atoms with Gasteiger partial charge in [0, 0.05) is 18.2 Å². The van der Waals surface area contributed by atoms with E-state index in [0.29, 0.717) is 33.6 Å². The van der Waals surface area contributed by atoms with Crippen molar-refractivity contribution in [2.45, 2.75) is 39.4 Å². The van der Waals surface area contributed by atoms with E-state index in [0.717, 1.165) is 5.56 Å². The second-order valence-corrected chi connectivity index (χ2v) is 9.96. The molecule has 152 valence electrons. The Morgan fingerprint density at radius 1 is 1.21 bits per heavy atom. The van der Waals surface area contributed by atoms with Gasteiger partial charge >= 0.3 is 0 Å². The standard InChI is InChI=1S/C22H24FN3O2S/c1-13-11-17(14(2)25-29(28)22(3,4)5)19-18(12-13)21(27)26(6)20(24-19)15-7-9-16(23)10-8-15/h7-12H,1-6H3/t29-/m1/s1. The monoisotopic (exact) mass is 413 g/mol. The summed E-state index contributed by atoms with van der Waals surface area (Å²) < 4.78 is 31.2. The molecule has 1 aromatic heterocycles. The van der Waals surface area contributed by atoms with Crippen LogP contribution in [0.5, 0.6) is 0 Å². The lowest BCUT2D eigenvalue weighted by Gasteiger charge is -2.19. The molecule has 0 saturated heterocycles. The molecule has 1 heterocycles. The van der Waals surface area contributed by atoms with Crippen LogP contribution in [0.1, 0.15) is 38.8 Å². The number of aryl methyl sites for hydroxylation is 1. The van der Waals surface area contributed by atoms with Crippen LogP contribution in [-0.4, -0.2) is 24.6 Å². The Morgan fingerprint density at radius 2 is 1.83 bits per heavy atom. The normalized spacial score (nSPS) is 13.7. The first kappa shape index (κ1) is 21.2. The number of fused-ring (bicyclic) bond motifs is 1. The molecular weight excluding hydrogens is 389 g/mol. The van der Waals surface area contributed by atoms with Crippen LogP contribution in [0.2, 0.25) is 0 Å². The van der Waals surface area contributed by atoms with Gasteiger partial charge in [-0.3, -0.25) is 9.36 Å². The van der Waals surface area contributed by atoms with Crippen LogP contribution in [-0.2, 0) is 18.4 Å². The average Bonchev–Trinajstić information content (AvgIpc) is 2.64. The molecule has 3 aromatic rings. The highest BCUT2D eigenvalue weighted by Crippen LogP contribution is 2.24. The summed E-state index contributed by atoms with van der Waals surface area (Å²) >= 11 is -1.44. The maximum atomic E-state index is 13.3. The Bertz CT molecular complexity index is 1160. The number of benzene rings is 2. The fourth-order valence-electron chi connectivity index (χ4n) is 2.96. The molecule has 0 spiro atoms. The van der Waals surface area contributed by atoms with Gasteiger partial charge in [0.25, 0.3) is 5.56 Å². The minimum Gasteiger partial charge on any atom is -0.591 e. The Hall–Kier alpha value is -2.51. The average molecular weight is 414 g/mol. The van der Waals surface area contributed by atoms with Gasteiger partial charge in [-0.05, 0) is 76.6 Å². The maximum absolute atomic E-state index is 13.3. The molecule has 0 saturated carbocycles. The van der Waals surface area contributed by atoms with Crippen LogP contribution < -0.4 is 5.56 Å². The third-order valence-corrected chi connectivity index (χ3v) is 6.05. The van der Waals surface area contributed by atoms with Crippen molar-refractivity contribution in [3.8, 4) is 11.4 Å². The zero-order valence-corrected chi connectivity index (χ0v) is 18.2. The van der Waals surface area contributed by atoms with Gasteiger partial charge in [-0.15, -0.1) is 0 Å². The topological polar surface area (TPSA) is 70.3 Å². The molecule has 0 aliphatic heterocycles. The van der Waals surface area contributed by atoms with Crippen LogP contribution in [0.15, 0.2) is 45.6 Å². The summed E-state index contributed by atoms with van der Waals surface area (Å²) in [5.41, 5.74) is 3.02. The van der Waals surface area contributed by atoms with Crippen molar-refractivity contribution in [1.29, 1.82) is 0 Å². The smallest absolute Gasteiger partial charge is 0.261 e. The van der Waals surface area contributed by atoms with E-state index in [2.05, 4.69) is 4.40 Å². The third kappa shape index (κ3) is 4.26. The molecule has 7 heteroatoms. The van der Waals surface area contributed by atoms with Crippen molar-refractivity contribution >= 4 is 28.0 Å². The number of hydrogen-bond donors (Lipinski definition) is 0. The van der Waals surface area contributed by atoms with Gasteiger partial charge in [0.1, 0.15) is 27.8 Å². The van der Waals surface area contributed by atoms with E-state index in [1.165, 1.54) is 16.7 Å². The summed E-state index contributed by atoms with van der Waals surface area (Å²) in [7, 11) is 1.64. The minimum absolute atomic E-state index is 0.205. The predicted molar refractivity (Wildman–Crippen MR) is 117 cm³/mol. The van der Waals surface area contributed by atoms with E-state index in [9.17, 15) is 13.7 Å². The summed E-state index contributed by atoms with van der Waals surface area (Å²) in [4.78, 5) is 17.8. The Labute approximate surface area is 172 Å². The maximum Gasteiger partial charge on any atom is 0.261 e. The fourth-order valence-corrected chi connectivity index (χ4v) is 3.58. The third-order valence-electron chi connectivity index (χ3n) is 4.56. The minimum atomic E-state index is -1.44. The van der Waals surface area contributed by atoms with Crippen LogP contribution in [0.3, 0.4) is 0 Å². The zero-order valence-electron chi connectivity index (χ0n) is 17.4. The summed E-state index contributed by atoms with van der Waals surface area (Å²) in [6.07, 6.45) is 0. The molecule has 5 nitrogen and oxygen atoms in total. The molecule has 0 amide bonds. The number of nitrogens with zero attached hydrogens (tertiary/aromatic N) is 3. The molecule has 0 unspecified atom stereocenters. The van der Waals surface area contributed by atoms with E-state index in [1.807, 2.05) is 33.8 Å². The van der Waals surface area contributed by atoms with Gasteiger partial charge in [0.05, 0.1) is 16.6 Å². The van der Waals surface area contributed by atoms with Gasteiger partial charge in [0.2, 0.25) is 0 Å². The molecule has 0 fully saturated rings. The summed E-state index contributed by atoms with van der Waals surface area (Å²) in [5.74, 6) is 0.0702. The van der Waals surface area contributed by atoms with Crippen molar-refractivity contribution in [2.24, 2.45) is 11.4 Å². The van der Waals surface area contributed by atoms with Crippen molar-refractivity contribution in [1.82, 2.24) is 9.55 Å². The Balaban J connectivity index is 2.30. The molecule has 29 heavy (non-hydrogen) atoms. The van der Waals surface area contributed by atoms with E-state index >= 15 is 0 Å². The van der Waals surface area contributed by atoms with Crippen molar-refractivity contribution in [3.05, 3.63) is 63.7 Å². The number of halogens is 1. The van der Waals surface area contributed by atoms with Crippen molar-refractivity contribution in [3.63, 3.8) is 0 Å². The molecule has 0 aliphatic rings. The molecule has 0 aliphatic carbocycles. The largest absolute Gasteiger partial charge is 0.591 e. The molecule has 0 radical (unpaired) electrons. The van der Waals surface area contributed by atoms with E-state index in [4.69, 9.17) is 4.98 Å². The van der Waals surface area contributed by atoms with Crippen LogP contribution in [0, 0.1) is 12.7 Å². The summed E-state index contributed by atoms with van der Waals surface area (Å²) in [5, 5.41) is 0.462. The van der Waals surface area contributed by atoms with E-state index in [1.54, 1.807) is 32.2 Å². The SMILES string of the molecule is CC(=N[S@+]([O-])C(C)(C)C)c1cc(C)cc2c(=O)n(C)c(-c3ccc(F)cc3)nc12. The first-order valence-electron chi connectivity index (χ1n) is 9.24. The van der Waals surface area contributed by atoms with E-state index in [-0.39, 0.29) is 11.4 Å². The number of rotatable bonds is 3. The highest BCUT2D eigenvalue weighted by Gasteiger charge is 2.27. The fraction of sp³-hybridized carbons (Fsp3) is 0.318. The Kier molecular flexibility index (Phi) is 5.65. The van der Waals surface area contributed by atoms with Crippen molar-refractivity contribution < 1.29 is 8.94 Å². The summed E-state index contributed by atoms with van der Waals surface area (Å²) in [6, 6.07) is 9.53. The highest BCUT2D eigenvalue weighted by atomic mass is 32.2. The Morgan fingerprint density at radius 3 is 2.41 bits per heavy atom. The first-order chi connectivity index (χ1) is 13.5. The molecular formula is C22H24FN3O2S. The molecule has 1 atom stereocenters. The molecule has 0 N–H and O–H groups in total. The second-order valence-electron chi connectivity index (χ2n) is 8.05. The van der Waals surface area contributed by atoms with Gasteiger partial charge < -0.3 is 4.55 Å². The lowest BCUT2D eigenvalue weighted by molar-refractivity contribution is 0.561. The van der Waals surface area contributed by atoms with Gasteiger partial charge in [-0.2, -0.15) is 0 Å². The molecule has 0 bridgehead atoms. The first-order valence-corrected chi connectivity index (χ1v) is 10.3. The molecule has 3 rings (SSSR count). The quantitative estimate of drug-likeness (QED) is 0.474. The van der Waals surface area contributed by atoms with Gasteiger partial charge in [0.15, 0.2) is 0 Å². The van der Waals surface area contributed by atoms with Crippen LogP contribution in [0.4, 0.5) is 4.39 Å². The van der Waals surface area contributed by atoms with E-state index < -0.39 is 16.1 Å². The highest BCUT2D eigenvalue weighted by molar-refractivity contribution is 7.91. The number of aromatic nitrogens is 2. The van der Waals surface area contributed by atoms with Crippen LogP contribution >= 0.6 is 0 Å². The summed E-state index contributed by atoms with van der Waals surface area (Å²) in [6.45, 7) is 9.23. The zero-order chi connectivity index (χ0) is 21.5. The van der Waals surface area contributed by atoms with Crippen LogP contribution in [0.25, 0.3) is 22.3 Å². The lowest BCUT2D eigenvalue weighted by Crippen LogP contribution is -2.27. The van der Waals surface area contributed by atoms with Gasteiger partial charge in [-0.1, -0.05) is 4.40 Å². The predicted octanol–water partition coefficient (Wildman–Crippen LogP) is 4.32. The van der Waals surface area contributed by atoms with Gasteiger partial charge in [-0.25, -0.2) is 9.37 Å². The number of hydrogen-bond acceptors (Lipinski definition) is 4.